The van der Waals surface area contributed by atoms with Gasteiger partial charge in [0.05, 0.1) is 41.6 Å². The van der Waals surface area contributed by atoms with E-state index in [1.807, 2.05) is 26.1 Å². The van der Waals surface area contributed by atoms with E-state index >= 15 is 0 Å². The Labute approximate surface area is 225 Å². The Kier molecular flexibility index (Phi) is 9.80. The molecule has 2 N–H and O–H groups in total. The van der Waals surface area contributed by atoms with E-state index in [1.54, 1.807) is 37.4 Å². The molecule has 0 aliphatic carbocycles. The lowest BCUT2D eigenvalue weighted by molar-refractivity contribution is 0.521. The van der Waals surface area contributed by atoms with Gasteiger partial charge in [0.15, 0.2) is 0 Å². The van der Waals surface area contributed by atoms with Crippen LogP contribution in [0.5, 0.6) is 0 Å². The maximum absolute atomic E-state index is 12.8. The zero-order valence-electron chi connectivity index (χ0n) is 22.0. The largest absolute Gasteiger partial charge is 0.369 e. The molecule has 202 valence electrons. The van der Waals surface area contributed by atoms with Crippen LogP contribution in [0.4, 0.5) is 17.1 Å². The van der Waals surface area contributed by atoms with Crippen LogP contribution in [-0.2, 0) is 14.6 Å². The van der Waals surface area contributed by atoms with Crippen LogP contribution in [-0.4, -0.2) is 75.4 Å². The smallest absolute Gasteiger partial charge is 0.244 e. The fourth-order valence-electron chi connectivity index (χ4n) is 3.96. The lowest BCUT2D eigenvalue weighted by Gasteiger charge is -2.33. The van der Waals surface area contributed by atoms with Gasteiger partial charge in [0.2, 0.25) is 10.0 Å². The van der Waals surface area contributed by atoms with E-state index in [4.69, 9.17) is 11.6 Å². The van der Waals surface area contributed by atoms with Gasteiger partial charge < -0.3 is 20.1 Å². The SMILES string of the molecule is C/C=C(Cl)\C(=N/C(C)Nc1cncc(N2CCP(=O)(CC)CC2)c1)Nc1ccccc1S(=O)(=O)N(C)C. The zero-order chi connectivity index (χ0) is 27.2. The molecule has 1 atom stereocenters. The quantitative estimate of drug-likeness (QED) is 0.251. The number of benzene rings is 1. The summed E-state index contributed by atoms with van der Waals surface area (Å²) in [7, 11) is -2.73. The number of rotatable bonds is 9. The minimum atomic E-state index is -3.68. The van der Waals surface area contributed by atoms with Crippen molar-refractivity contribution >= 4 is 51.7 Å². The number of aromatic nitrogens is 1. The van der Waals surface area contributed by atoms with Gasteiger partial charge in [-0.1, -0.05) is 36.7 Å². The van der Waals surface area contributed by atoms with Crippen molar-refractivity contribution in [1.29, 1.82) is 0 Å². The van der Waals surface area contributed by atoms with Crippen LogP contribution in [0.15, 0.2) is 63.7 Å². The molecule has 1 saturated heterocycles. The first-order valence-electron chi connectivity index (χ1n) is 12.2. The standard InChI is InChI=1S/C25H36ClN6O3PS/c1-6-22(26)25(30-23-10-8-9-11-24(23)37(34,35)31(4)5)29-19(3)28-20-16-21(18-27-17-20)32-12-14-36(33,7-2)15-13-32/h6,8-11,16-19,28H,7,12-15H2,1-5H3,(H,29,30)/b22-6+. The maximum Gasteiger partial charge on any atom is 0.244 e. The first kappa shape index (κ1) is 29.2. The van der Waals surface area contributed by atoms with Gasteiger partial charge in [0.25, 0.3) is 0 Å². The monoisotopic (exact) mass is 566 g/mol. The second-order valence-electron chi connectivity index (χ2n) is 9.08. The normalized spacial score (nSPS) is 17.5. The molecule has 1 unspecified atom stereocenters. The number of allylic oxidation sites excluding steroid dienone is 1. The van der Waals surface area contributed by atoms with E-state index in [-0.39, 0.29) is 4.90 Å². The molecule has 0 saturated carbocycles. The molecule has 0 radical (unpaired) electrons. The van der Waals surface area contributed by atoms with Crippen molar-refractivity contribution < 1.29 is 13.0 Å². The van der Waals surface area contributed by atoms with Crippen molar-refractivity contribution in [3.63, 3.8) is 0 Å². The van der Waals surface area contributed by atoms with Gasteiger partial charge in [0.1, 0.15) is 16.9 Å². The third kappa shape index (κ3) is 7.35. The highest BCUT2D eigenvalue weighted by atomic mass is 35.5. The number of nitrogens with one attached hydrogen (secondary N) is 2. The molecule has 2 aromatic rings. The molecule has 1 aromatic carbocycles. The summed E-state index contributed by atoms with van der Waals surface area (Å²) < 4.78 is 39.5. The molecule has 1 aliphatic heterocycles. The number of anilines is 3. The maximum atomic E-state index is 12.8. The van der Waals surface area contributed by atoms with E-state index < -0.39 is 23.3 Å². The summed E-state index contributed by atoms with van der Waals surface area (Å²) in [6.45, 7) is 7.17. The molecule has 0 bridgehead atoms. The third-order valence-corrected chi connectivity index (χ3v) is 11.8. The highest BCUT2D eigenvalue weighted by molar-refractivity contribution is 7.89. The number of sulfonamides is 1. The van der Waals surface area contributed by atoms with E-state index in [9.17, 15) is 13.0 Å². The van der Waals surface area contributed by atoms with Gasteiger partial charge in [-0.25, -0.2) is 17.7 Å². The van der Waals surface area contributed by atoms with Gasteiger partial charge in [-0.2, -0.15) is 0 Å². The summed E-state index contributed by atoms with van der Waals surface area (Å²) in [5, 5.41) is 6.78. The van der Waals surface area contributed by atoms with Crippen LogP contribution >= 0.6 is 18.7 Å². The molecule has 9 nitrogen and oxygen atoms in total. The van der Waals surface area contributed by atoms with Crippen molar-refractivity contribution in [3.8, 4) is 0 Å². The number of hydrogen-bond donors (Lipinski definition) is 2. The van der Waals surface area contributed by atoms with Crippen LogP contribution in [0.3, 0.4) is 0 Å². The molecule has 37 heavy (non-hydrogen) atoms. The molecule has 2 heterocycles. The molecule has 3 rings (SSSR count). The minimum Gasteiger partial charge on any atom is -0.369 e. The minimum absolute atomic E-state index is 0.125. The first-order valence-corrected chi connectivity index (χ1v) is 16.3. The fourth-order valence-corrected chi connectivity index (χ4v) is 7.17. The number of aliphatic imine (C=N–C) groups is 1. The average molecular weight is 567 g/mol. The summed E-state index contributed by atoms with van der Waals surface area (Å²) in [6, 6.07) is 8.63. The summed E-state index contributed by atoms with van der Waals surface area (Å²) in [4.78, 5) is 11.4. The first-order chi connectivity index (χ1) is 17.5. The van der Waals surface area contributed by atoms with Crippen LogP contribution in [0, 0.1) is 0 Å². The second kappa shape index (κ2) is 12.4. The van der Waals surface area contributed by atoms with E-state index in [1.165, 1.54) is 20.2 Å². The van der Waals surface area contributed by atoms with Crippen LogP contribution in [0.2, 0.25) is 0 Å². The predicted octanol–water partition coefficient (Wildman–Crippen LogP) is 4.95. The van der Waals surface area contributed by atoms with E-state index in [0.717, 1.165) is 47.3 Å². The molecule has 1 fully saturated rings. The molecule has 12 heteroatoms. The number of hydrogen-bond acceptors (Lipinski definition) is 7. The van der Waals surface area contributed by atoms with Crippen molar-refractivity contribution in [2.24, 2.45) is 4.99 Å². The topological polar surface area (TPSA) is 107 Å². The van der Waals surface area contributed by atoms with Gasteiger partial charge >= 0.3 is 0 Å². The number of nitrogens with zero attached hydrogens (tertiary/aromatic N) is 4. The Morgan fingerprint density at radius 3 is 2.57 bits per heavy atom. The lowest BCUT2D eigenvalue weighted by atomic mass is 10.3. The van der Waals surface area contributed by atoms with E-state index in [2.05, 4.69) is 25.5 Å². The van der Waals surface area contributed by atoms with Gasteiger partial charge in [0, 0.05) is 39.5 Å². The number of pyridine rings is 1. The summed E-state index contributed by atoms with van der Waals surface area (Å²) in [5.41, 5.74) is 2.13. The van der Waals surface area contributed by atoms with Crippen molar-refractivity contribution in [2.75, 3.05) is 61.2 Å². The van der Waals surface area contributed by atoms with Crippen LogP contribution in [0.25, 0.3) is 0 Å². The highest BCUT2D eigenvalue weighted by Gasteiger charge is 2.27. The lowest BCUT2D eigenvalue weighted by Crippen LogP contribution is -2.35. The Balaban J connectivity index is 1.80. The molecular weight excluding hydrogens is 531 g/mol. The number of amidine groups is 1. The van der Waals surface area contributed by atoms with Crippen molar-refractivity contribution in [2.45, 2.75) is 31.8 Å². The fraction of sp³-hybridized carbons (Fsp3) is 0.440. The summed E-state index contributed by atoms with van der Waals surface area (Å²) in [6.07, 6.45) is 7.02. The summed E-state index contributed by atoms with van der Waals surface area (Å²) in [5.74, 6) is 0.334. The second-order valence-corrected chi connectivity index (χ2v) is 15.3. The predicted molar refractivity (Wildman–Crippen MR) is 155 cm³/mol. The average Bonchev–Trinajstić information content (AvgIpc) is 2.88. The Morgan fingerprint density at radius 2 is 1.95 bits per heavy atom. The van der Waals surface area contributed by atoms with Crippen molar-refractivity contribution in [3.05, 3.63) is 53.8 Å². The number of halogens is 1. The Bertz CT molecular complexity index is 1300. The molecule has 0 amide bonds. The highest BCUT2D eigenvalue weighted by Crippen LogP contribution is 2.47. The molecule has 0 spiro atoms. The zero-order valence-corrected chi connectivity index (χ0v) is 24.4. The Morgan fingerprint density at radius 1 is 1.27 bits per heavy atom. The van der Waals surface area contributed by atoms with Crippen molar-refractivity contribution in [1.82, 2.24) is 9.29 Å². The van der Waals surface area contributed by atoms with Gasteiger partial charge in [-0.05, 0) is 38.2 Å². The van der Waals surface area contributed by atoms with Crippen LogP contribution < -0.4 is 15.5 Å². The number of para-hydroxylation sites is 1. The molecule has 1 aliphatic rings. The van der Waals surface area contributed by atoms with Gasteiger partial charge in [-0.15, -0.1) is 0 Å². The molecule has 1 aromatic heterocycles. The third-order valence-electron chi connectivity index (χ3n) is 6.30. The van der Waals surface area contributed by atoms with Gasteiger partial charge in [-0.3, -0.25) is 4.98 Å². The molecular formula is C25H36ClN6O3PS. The Hall–Kier alpha value is -2.39. The van der Waals surface area contributed by atoms with E-state index in [0.29, 0.717) is 16.6 Å². The summed E-state index contributed by atoms with van der Waals surface area (Å²) >= 11 is 6.46. The van der Waals surface area contributed by atoms with Crippen LogP contribution in [0.1, 0.15) is 20.8 Å².